The van der Waals surface area contributed by atoms with Gasteiger partial charge in [-0.25, -0.2) is 19.1 Å². The van der Waals surface area contributed by atoms with Crippen LogP contribution in [0.1, 0.15) is 27.3 Å². The summed E-state index contributed by atoms with van der Waals surface area (Å²) in [7, 11) is 1.36. The Balaban J connectivity index is 1.41. The van der Waals surface area contributed by atoms with Crippen molar-refractivity contribution < 1.29 is 24.2 Å². The first kappa shape index (κ1) is 22.5. The Morgan fingerprint density at radius 1 is 0.971 bits per heavy atom. The predicted molar refractivity (Wildman–Crippen MR) is 129 cm³/mol. The lowest BCUT2D eigenvalue weighted by Crippen LogP contribution is -2.08. The first-order valence-electron chi connectivity index (χ1n) is 10.5. The summed E-state index contributed by atoms with van der Waals surface area (Å²) in [6.45, 7) is 0.382. The number of benzene rings is 3. The highest BCUT2D eigenvalue weighted by atomic mass is 16.5. The monoisotopic (exact) mass is 454 g/mol. The van der Waals surface area contributed by atoms with E-state index in [0.717, 1.165) is 32.6 Å². The van der Waals surface area contributed by atoms with Crippen LogP contribution < -0.4 is 4.74 Å². The van der Waals surface area contributed by atoms with E-state index >= 15 is 0 Å². The van der Waals surface area contributed by atoms with Gasteiger partial charge in [0.15, 0.2) is 0 Å². The summed E-state index contributed by atoms with van der Waals surface area (Å²) >= 11 is 0. The van der Waals surface area contributed by atoms with Gasteiger partial charge in [0.1, 0.15) is 18.2 Å². The van der Waals surface area contributed by atoms with Crippen LogP contribution in [0.2, 0.25) is 0 Å². The number of hydrogen-bond donors (Lipinski definition) is 1. The molecule has 3 aromatic carbocycles. The fourth-order valence-electron chi connectivity index (χ4n) is 3.36. The molecule has 0 aliphatic carbocycles. The summed E-state index contributed by atoms with van der Waals surface area (Å²) in [5, 5.41) is 9.17. The van der Waals surface area contributed by atoms with Gasteiger partial charge in [-0.15, -0.1) is 0 Å². The van der Waals surface area contributed by atoms with Crippen LogP contribution in [0.15, 0.2) is 85.2 Å². The SMILES string of the molecule is COC(=O)c1ccc(COc2ccc(-c3cccc(/C=C/c4nccn4C(=O)O)c3)cc2)cc1. The molecule has 1 aromatic heterocycles. The number of carbonyl (C=O) groups is 2. The Morgan fingerprint density at radius 3 is 2.44 bits per heavy atom. The van der Waals surface area contributed by atoms with Gasteiger partial charge in [0, 0.05) is 12.4 Å². The number of aromatic nitrogens is 2. The van der Waals surface area contributed by atoms with Crippen molar-refractivity contribution in [3.8, 4) is 16.9 Å². The van der Waals surface area contributed by atoms with Crippen molar-refractivity contribution in [2.45, 2.75) is 6.61 Å². The predicted octanol–water partition coefficient (Wildman–Crippen LogP) is 5.61. The van der Waals surface area contributed by atoms with E-state index in [-0.39, 0.29) is 5.97 Å². The lowest BCUT2D eigenvalue weighted by atomic mass is 10.0. The molecule has 0 spiro atoms. The third-order valence-corrected chi connectivity index (χ3v) is 5.16. The van der Waals surface area contributed by atoms with Gasteiger partial charge in [-0.05, 0) is 58.7 Å². The molecule has 0 fully saturated rings. The van der Waals surface area contributed by atoms with E-state index in [9.17, 15) is 14.7 Å². The summed E-state index contributed by atoms with van der Waals surface area (Å²) in [5.74, 6) is 0.714. The maximum atomic E-state index is 11.5. The van der Waals surface area contributed by atoms with Crippen molar-refractivity contribution in [2.75, 3.05) is 7.11 Å². The molecule has 4 aromatic rings. The highest BCUT2D eigenvalue weighted by Gasteiger charge is 2.06. The summed E-state index contributed by atoms with van der Waals surface area (Å²) in [6, 6.07) is 22.8. The topological polar surface area (TPSA) is 90.7 Å². The van der Waals surface area contributed by atoms with Crippen molar-refractivity contribution >= 4 is 24.2 Å². The minimum absolute atomic E-state index is 0.347. The molecule has 0 bridgehead atoms. The van der Waals surface area contributed by atoms with E-state index in [1.165, 1.54) is 19.5 Å². The highest BCUT2D eigenvalue weighted by molar-refractivity contribution is 5.89. The molecule has 0 aliphatic heterocycles. The maximum absolute atomic E-state index is 11.5. The van der Waals surface area contributed by atoms with Crippen LogP contribution in [0.5, 0.6) is 5.75 Å². The second-order valence-corrected chi connectivity index (χ2v) is 7.40. The zero-order valence-electron chi connectivity index (χ0n) is 18.4. The zero-order valence-corrected chi connectivity index (χ0v) is 18.4. The molecule has 1 heterocycles. The molecule has 0 radical (unpaired) electrons. The fraction of sp³-hybridized carbons (Fsp3) is 0.0741. The van der Waals surface area contributed by atoms with E-state index in [1.807, 2.05) is 66.7 Å². The number of methoxy groups -OCH3 is 1. The summed E-state index contributed by atoms with van der Waals surface area (Å²) in [5.41, 5.74) is 4.42. The lowest BCUT2D eigenvalue weighted by Gasteiger charge is -2.09. The molecule has 0 aliphatic rings. The number of carbonyl (C=O) groups excluding carboxylic acids is 1. The van der Waals surface area contributed by atoms with Crippen LogP contribution in [0.4, 0.5) is 4.79 Å². The zero-order chi connectivity index (χ0) is 23.9. The average Bonchev–Trinajstić information content (AvgIpc) is 3.36. The van der Waals surface area contributed by atoms with Crippen molar-refractivity contribution in [2.24, 2.45) is 0 Å². The van der Waals surface area contributed by atoms with E-state index in [4.69, 9.17) is 9.47 Å². The number of esters is 1. The summed E-state index contributed by atoms with van der Waals surface area (Å²) in [4.78, 5) is 26.8. The van der Waals surface area contributed by atoms with Gasteiger partial charge >= 0.3 is 12.1 Å². The Bertz CT molecular complexity index is 1320. The van der Waals surface area contributed by atoms with Crippen molar-refractivity contribution in [1.29, 1.82) is 0 Å². The number of hydrogen-bond acceptors (Lipinski definition) is 5. The molecule has 0 saturated heterocycles. The van der Waals surface area contributed by atoms with E-state index in [2.05, 4.69) is 4.98 Å². The minimum Gasteiger partial charge on any atom is -0.489 e. The van der Waals surface area contributed by atoms with Crippen LogP contribution in [0.25, 0.3) is 23.3 Å². The first-order valence-corrected chi connectivity index (χ1v) is 10.5. The van der Waals surface area contributed by atoms with E-state index in [0.29, 0.717) is 18.0 Å². The van der Waals surface area contributed by atoms with Gasteiger partial charge in [-0.2, -0.15) is 0 Å². The third kappa shape index (κ3) is 5.39. The molecular weight excluding hydrogens is 432 g/mol. The molecule has 0 amide bonds. The third-order valence-electron chi connectivity index (χ3n) is 5.16. The highest BCUT2D eigenvalue weighted by Crippen LogP contribution is 2.24. The lowest BCUT2D eigenvalue weighted by molar-refractivity contribution is 0.0600. The van der Waals surface area contributed by atoms with Crippen molar-refractivity contribution in [3.63, 3.8) is 0 Å². The van der Waals surface area contributed by atoms with Crippen LogP contribution >= 0.6 is 0 Å². The standard InChI is InChI=1S/C27H22N2O5/c1-33-26(30)22-8-5-20(6-9-22)18-34-24-12-10-21(11-13-24)23-4-2-3-19(17-23)7-14-25-28-15-16-29(25)27(31)32/h2-17H,18H2,1H3,(H,31,32)/b14-7+. The summed E-state index contributed by atoms with van der Waals surface area (Å²) < 4.78 is 11.6. The average molecular weight is 454 g/mol. The van der Waals surface area contributed by atoms with Crippen LogP contribution in [-0.2, 0) is 11.3 Å². The quantitative estimate of drug-likeness (QED) is 0.365. The molecule has 0 saturated carbocycles. The van der Waals surface area contributed by atoms with Gasteiger partial charge in [-0.1, -0.05) is 48.5 Å². The number of rotatable bonds is 7. The first-order chi connectivity index (χ1) is 16.5. The second-order valence-electron chi connectivity index (χ2n) is 7.40. The maximum Gasteiger partial charge on any atom is 0.417 e. The molecule has 7 nitrogen and oxygen atoms in total. The van der Waals surface area contributed by atoms with Crippen LogP contribution in [0, 0.1) is 0 Å². The van der Waals surface area contributed by atoms with Gasteiger partial charge in [0.2, 0.25) is 0 Å². The summed E-state index contributed by atoms with van der Waals surface area (Å²) in [6.07, 6.45) is 5.27. The molecule has 4 rings (SSSR count). The van der Waals surface area contributed by atoms with Crippen molar-refractivity contribution in [3.05, 3.63) is 108 Å². The number of imidazole rings is 1. The smallest absolute Gasteiger partial charge is 0.417 e. The van der Waals surface area contributed by atoms with Gasteiger partial charge < -0.3 is 14.6 Å². The van der Waals surface area contributed by atoms with Crippen molar-refractivity contribution in [1.82, 2.24) is 9.55 Å². The second kappa shape index (κ2) is 10.3. The van der Waals surface area contributed by atoms with Gasteiger partial charge in [-0.3, -0.25) is 0 Å². The Hall–Kier alpha value is -4.65. The Morgan fingerprint density at radius 2 is 1.74 bits per heavy atom. The number of ether oxygens (including phenoxy) is 2. The van der Waals surface area contributed by atoms with E-state index < -0.39 is 6.09 Å². The molecule has 1 N–H and O–H groups in total. The normalized spacial score (nSPS) is 10.9. The molecular formula is C27H22N2O5. The van der Waals surface area contributed by atoms with Gasteiger partial charge in [0.05, 0.1) is 12.7 Å². The number of nitrogens with zero attached hydrogens (tertiary/aromatic N) is 2. The van der Waals surface area contributed by atoms with E-state index in [1.54, 1.807) is 18.2 Å². The van der Waals surface area contributed by atoms with Crippen LogP contribution in [0.3, 0.4) is 0 Å². The Kier molecular flexibility index (Phi) is 6.84. The molecule has 0 atom stereocenters. The van der Waals surface area contributed by atoms with Crippen LogP contribution in [-0.4, -0.2) is 33.8 Å². The molecule has 7 heteroatoms. The minimum atomic E-state index is -1.08. The fourth-order valence-corrected chi connectivity index (χ4v) is 3.36. The Labute approximate surface area is 196 Å². The molecule has 34 heavy (non-hydrogen) atoms. The molecule has 0 unspecified atom stereocenters. The largest absolute Gasteiger partial charge is 0.489 e. The molecule has 170 valence electrons. The van der Waals surface area contributed by atoms with Gasteiger partial charge in [0.25, 0.3) is 0 Å². The number of carboxylic acid groups (broad SMARTS) is 1.